The maximum absolute atomic E-state index is 10.9. The summed E-state index contributed by atoms with van der Waals surface area (Å²) in [6.07, 6.45) is 2.23. The monoisotopic (exact) mass is 168 g/mol. The van der Waals surface area contributed by atoms with Crippen molar-refractivity contribution in [3.8, 4) is 0 Å². The summed E-state index contributed by atoms with van der Waals surface area (Å²) in [7, 11) is 0. The van der Waals surface area contributed by atoms with Crippen molar-refractivity contribution in [3.05, 3.63) is 28.2 Å². The van der Waals surface area contributed by atoms with E-state index in [0.29, 0.717) is 6.54 Å². The van der Waals surface area contributed by atoms with Gasteiger partial charge in [0.15, 0.2) is 0 Å². The Morgan fingerprint density at radius 1 is 1.75 bits per heavy atom. The van der Waals surface area contributed by atoms with Crippen molar-refractivity contribution >= 4 is 5.97 Å². The molecule has 64 valence electrons. The summed E-state index contributed by atoms with van der Waals surface area (Å²) in [5, 5.41) is 12.2. The lowest BCUT2D eigenvalue weighted by atomic mass is 10.3. The van der Waals surface area contributed by atoms with E-state index in [1.807, 2.05) is 6.92 Å². The summed E-state index contributed by atoms with van der Waals surface area (Å²) in [6, 6.07) is 0. The molecule has 0 aliphatic rings. The van der Waals surface area contributed by atoms with Crippen LogP contribution in [0.5, 0.6) is 0 Å². The number of aromatic nitrogens is 2. The second kappa shape index (κ2) is 3.17. The molecule has 1 N–H and O–H groups in total. The van der Waals surface area contributed by atoms with E-state index in [-0.39, 0.29) is 5.56 Å². The summed E-state index contributed by atoms with van der Waals surface area (Å²) in [4.78, 5) is 21.3. The normalized spacial score (nSPS) is 9.75. The van der Waals surface area contributed by atoms with Gasteiger partial charge in [-0.1, -0.05) is 0 Å². The topological polar surface area (TPSA) is 72.2 Å². The molecule has 0 amide bonds. The molecule has 0 radical (unpaired) electrons. The third kappa shape index (κ3) is 1.50. The smallest absolute Gasteiger partial charge is 0.341 e. The quantitative estimate of drug-likeness (QED) is 0.672. The van der Waals surface area contributed by atoms with Crippen LogP contribution in [0.1, 0.15) is 17.3 Å². The molecule has 0 spiro atoms. The Labute approximate surface area is 68.3 Å². The summed E-state index contributed by atoms with van der Waals surface area (Å²) in [5.74, 6) is -1.22. The van der Waals surface area contributed by atoms with E-state index < -0.39 is 11.4 Å². The Morgan fingerprint density at radius 2 is 2.42 bits per heavy atom. The van der Waals surface area contributed by atoms with Crippen LogP contribution in [0.2, 0.25) is 0 Å². The van der Waals surface area contributed by atoms with Gasteiger partial charge in [-0.3, -0.25) is 9.48 Å². The fourth-order valence-electron chi connectivity index (χ4n) is 0.776. The van der Waals surface area contributed by atoms with Gasteiger partial charge < -0.3 is 5.11 Å². The van der Waals surface area contributed by atoms with Crippen LogP contribution >= 0.6 is 0 Å². The largest absolute Gasteiger partial charge is 0.477 e. The van der Waals surface area contributed by atoms with Crippen molar-refractivity contribution in [2.45, 2.75) is 13.5 Å². The number of carboxylic acid groups (broad SMARTS) is 1. The van der Waals surface area contributed by atoms with E-state index >= 15 is 0 Å². The molecule has 0 aliphatic heterocycles. The van der Waals surface area contributed by atoms with E-state index in [1.165, 1.54) is 10.9 Å². The molecular weight excluding hydrogens is 160 g/mol. The molecule has 5 nitrogen and oxygen atoms in total. The number of aromatic carboxylic acids is 1. The molecule has 0 atom stereocenters. The first-order valence-corrected chi connectivity index (χ1v) is 3.45. The van der Waals surface area contributed by atoms with Gasteiger partial charge in [0.25, 0.3) is 0 Å². The molecule has 1 aromatic heterocycles. The lowest BCUT2D eigenvalue weighted by Crippen LogP contribution is -2.18. The highest BCUT2D eigenvalue weighted by Gasteiger charge is 2.07. The number of rotatable bonds is 2. The van der Waals surface area contributed by atoms with Gasteiger partial charge in [0.1, 0.15) is 5.56 Å². The van der Waals surface area contributed by atoms with Crippen LogP contribution in [0.3, 0.4) is 0 Å². The fraction of sp³-hybridized carbons (Fsp3) is 0.286. The van der Waals surface area contributed by atoms with Crippen LogP contribution in [0.4, 0.5) is 0 Å². The molecule has 0 fully saturated rings. The van der Waals surface area contributed by atoms with Crippen molar-refractivity contribution in [1.82, 2.24) is 9.78 Å². The Bertz CT molecular complexity index is 356. The third-order valence-corrected chi connectivity index (χ3v) is 1.42. The van der Waals surface area contributed by atoms with Crippen molar-refractivity contribution in [1.29, 1.82) is 0 Å². The molecule has 5 heteroatoms. The Morgan fingerprint density at radius 3 is 2.92 bits per heavy atom. The first kappa shape index (κ1) is 8.45. The average molecular weight is 168 g/mol. The molecule has 12 heavy (non-hydrogen) atoms. The average Bonchev–Trinajstić information content (AvgIpc) is 2.05. The standard InChI is InChI=1S/C7H8N2O3/c1-2-9-4-5(7(11)12)6(10)3-8-9/h3-4H,2H2,1H3,(H,11,12). The molecule has 1 heterocycles. The van der Waals surface area contributed by atoms with Gasteiger partial charge in [-0.05, 0) is 6.92 Å². The minimum Gasteiger partial charge on any atom is -0.477 e. The van der Waals surface area contributed by atoms with Crippen LogP contribution in [-0.4, -0.2) is 20.9 Å². The van der Waals surface area contributed by atoms with Gasteiger partial charge in [0, 0.05) is 12.7 Å². The van der Waals surface area contributed by atoms with Crippen LogP contribution in [0.15, 0.2) is 17.2 Å². The van der Waals surface area contributed by atoms with Crippen LogP contribution in [0.25, 0.3) is 0 Å². The molecule has 0 aliphatic carbocycles. The van der Waals surface area contributed by atoms with Gasteiger partial charge in [0.2, 0.25) is 5.43 Å². The minimum absolute atomic E-state index is 0.244. The summed E-state index contributed by atoms with van der Waals surface area (Å²) >= 11 is 0. The highest BCUT2D eigenvalue weighted by molar-refractivity contribution is 5.86. The van der Waals surface area contributed by atoms with Crippen LogP contribution in [-0.2, 0) is 6.54 Å². The van der Waals surface area contributed by atoms with Crippen molar-refractivity contribution < 1.29 is 9.90 Å². The SMILES string of the molecule is CCn1cc(C(=O)O)c(=O)cn1. The molecule has 1 rings (SSSR count). The highest BCUT2D eigenvalue weighted by atomic mass is 16.4. The van der Waals surface area contributed by atoms with Crippen LogP contribution < -0.4 is 5.43 Å². The van der Waals surface area contributed by atoms with Crippen molar-refractivity contribution in [3.63, 3.8) is 0 Å². The summed E-state index contributed by atoms with van der Waals surface area (Å²) in [6.45, 7) is 2.35. The molecular formula is C7H8N2O3. The number of hydrogen-bond donors (Lipinski definition) is 1. The van der Waals surface area contributed by atoms with Gasteiger partial charge in [0.05, 0.1) is 6.20 Å². The number of carboxylic acids is 1. The van der Waals surface area contributed by atoms with E-state index in [9.17, 15) is 9.59 Å². The van der Waals surface area contributed by atoms with Gasteiger partial charge in [-0.2, -0.15) is 5.10 Å². The fourth-order valence-corrected chi connectivity index (χ4v) is 0.776. The zero-order valence-corrected chi connectivity index (χ0v) is 6.52. The maximum Gasteiger partial charge on any atom is 0.341 e. The Balaban J connectivity index is 3.26. The predicted molar refractivity (Wildman–Crippen MR) is 41.1 cm³/mol. The van der Waals surface area contributed by atoms with Gasteiger partial charge in [-0.15, -0.1) is 0 Å². The predicted octanol–water partition coefficient (Wildman–Crippen LogP) is -0.0386. The van der Waals surface area contributed by atoms with Crippen molar-refractivity contribution in [2.24, 2.45) is 0 Å². The number of carbonyl (C=O) groups is 1. The van der Waals surface area contributed by atoms with E-state index in [2.05, 4.69) is 5.10 Å². The summed E-state index contributed by atoms with van der Waals surface area (Å²) < 4.78 is 1.39. The molecule has 1 aromatic rings. The summed E-state index contributed by atoms with van der Waals surface area (Å²) in [5.41, 5.74) is -0.806. The van der Waals surface area contributed by atoms with E-state index in [4.69, 9.17) is 5.11 Å². The molecule has 0 saturated heterocycles. The number of aryl methyl sites for hydroxylation is 1. The first-order valence-electron chi connectivity index (χ1n) is 3.45. The molecule has 0 bridgehead atoms. The number of hydrogen-bond acceptors (Lipinski definition) is 3. The second-order valence-corrected chi connectivity index (χ2v) is 2.21. The van der Waals surface area contributed by atoms with E-state index in [0.717, 1.165) is 6.20 Å². The zero-order chi connectivity index (χ0) is 9.14. The first-order chi connectivity index (χ1) is 5.65. The molecule has 0 saturated carbocycles. The molecule has 0 aromatic carbocycles. The second-order valence-electron chi connectivity index (χ2n) is 2.21. The maximum atomic E-state index is 10.9. The van der Waals surface area contributed by atoms with Gasteiger partial charge in [-0.25, -0.2) is 4.79 Å². The van der Waals surface area contributed by atoms with Gasteiger partial charge >= 0.3 is 5.97 Å². The Hall–Kier alpha value is -1.65. The minimum atomic E-state index is -1.22. The molecule has 0 unspecified atom stereocenters. The third-order valence-electron chi connectivity index (χ3n) is 1.42. The highest BCUT2D eigenvalue weighted by Crippen LogP contribution is 1.89. The van der Waals surface area contributed by atoms with E-state index in [1.54, 1.807) is 0 Å². The van der Waals surface area contributed by atoms with Crippen LogP contribution in [0, 0.1) is 0 Å². The zero-order valence-electron chi connectivity index (χ0n) is 6.52. The lowest BCUT2D eigenvalue weighted by molar-refractivity contribution is 0.0694. The van der Waals surface area contributed by atoms with Crippen molar-refractivity contribution in [2.75, 3.05) is 0 Å². The number of nitrogens with zero attached hydrogens (tertiary/aromatic N) is 2. The lowest BCUT2D eigenvalue weighted by Gasteiger charge is -1.99. The Kier molecular flexibility index (Phi) is 2.23.